The van der Waals surface area contributed by atoms with Gasteiger partial charge in [0.25, 0.3) is 0 Å². The van der Waals surface area contributed by atoms with E-state index in [9.17, 15) is 4.79 Å². The Balaban J connectivity index is 1.89. The number of ether oxygens (including phenoxy) is 5. The molecule has 2 aromatic rings. The Hall–Kier alpha value is -3.29. The van der Waals surface area contributed by atoms with Crippen molar-refractivity contribution in [3.63, 3.8) is 0 Å². The summed E-state index contributed by atoms with van der Waals surface area (Å²) in [6.07, 6.45) is 0.660. The van der Waals surface area contributed by atoms with Crippen LogP contribution in [0.1, 0.15) is 11.1 Å². The summed E-state index contributed by atoms with van der Waals surface area (Å²) in [6.45, 7) is 0.760. The molecule has 2 aromatic carbocycles. The summed E-state index contributed by atoms with van der Waals surface area (Å²) in [5.41, 5.74) is 1.81. The number of carbonyl (C=O) groups excluding carboxylic acids is 1. The average molecular weight is 404 g/mol. The van der Waals surface area contributed by atoms with Gasteiger partial charge in [-0.15, -0.1) is 0 Å². The van der Waals surface area contributed by atoms with Gasteiger partial charge in [-0.25, -0.2) is 4.79 Å². The molecule has 0 unspecified atom stereocenters. The zero-order chi connectivity index (χ0) is 21.2. The van der Waals surface area contributed by atoms with Gasteiger partial charge < -0.3 is 34.3 Å². The zero-order valence-corrected chi connectivity index (χ0v) is 17.5. The van der Waals surface area contributed by atoms with Gasteiger partial charge in [0.2, 0.25) is 0 Å². The Kier molecular flexibility index (Phi) is 8.27. The number of hydrogen-bond acceptors (Lipinski definition) is 6. The smallest absolute Gasteiger partial charge is 0.315 e. The lowest BCUT2D eigenvalue weighted by Gasteiger charge is -2.15. The summed E-state index contributed by atoms with van der Waals surface area (Å²) in [5.74, 6) is 3.07. The fourth-order valence-corrected chi connectivity index (χ4v) is 2.83. The van der Waals surface area contributed by atoms with Gasteiger partial charge in [-0.3, -0.25) is 0 Å². The molecule has 0 atom stereocenters. The first-order valence-corrected chi connectivity index (χ1v) is 9.07. The van der Waals surface area contributed by atoms with Gasteiger partial charge in [0.05, 0.1) is 35.5 Å². The predicted octanol–water partition coefficient (Wildman–Crippen LogP) is 2.77. The minimum absolute atomic E-state index is 0.276. The van der Waals surface area contributed by atoms with Crippen molar-refractivity contribution in [1.82, 2.24) is 10.6 Å². The Bertz CT molecular complexity index is 825. The number of methoxy groups -OCH3 is 5. The Morgan fingerprint density at radius 2 is 1.31 bits per heavy atom. The number of amides is 2. The third-order valence-corrected chi connectivity index (χ3v) is 4.37. The van der Waals surface area contributed by atoms with Crippen molar-refractivity contribution < 1.29 is 28.5 Å². The summed E-state index contributed by atoms with van der Waals surface area (Å²) in [6, 6.07) is 8.91. The van der Waals surface area contributed by atoms with E-state index in [1.54, 1.807) is 47.7 Å². The number of rotatable bonds is 10. The van der Waals surface area contributed by atoms with Crippen molar-refractivity contribution in [2.75, 3.05) is 42.1 Å². The molecule has 158 valence electrons. The lowest BCUT2D eigenvalue weighted by molar-refractivity contribution is 0.240. The number of hydrogen-bond donors (Lipinski definition) is 2. The summed E-state index contributed by atoms with van der Waals surface area (Å²) < 4.78 is 26.5. The largest absolute Gasteiger partial charge is 0.496 e. The van der Waals surface area contributed by atoms with E-state index in [2.05, 4.69) is 10.6 Å². The standard InChI is InChI=1S/C21H28N2O6/c1-25-16-7-6-14(10-18(16)27-3)8-9-22-21(24)23-13-15-11-19(28-4)20(29-5)12-17(15)26-2/h6-7,10-12H,8-9,13H2,1-5H3,(H2,22,23,24). The highest BCUT2D eigenvalue weighted by Crippen LogP contribution is 2.34. The molecule has 2 rings (SSSR count). The van der Waals surface area contributed by atoms with Crippen LogP contribution in [-0.2, 0) is 13.0 Å². The summed E-state index contributed by atoms with van der Waals surface area (Å²) >= 11 is 0. The van der Waals surface area contributed by atoms with Gasteiger partial charge in [-0.2, -0.15) is 0 Å². The van der Waals surface area contributed by atoms with Crippen molar-refractivity contribution in [2.24, 2.45) is 0 Å². The molecule has 0 spiro atoms. The number of benzene rings is 2. The first-order chi connectivity index (χ1) is 14.1. The van der Waals surface area contributed by atoms with Crippen LogP contribution in [0.4, 0.5) is 4.79 Å². The van der Waals surface area contributed by atoms with E-state index < -0.39 is 0 Å². The molecule has 0 aliphatic rings. The second-order valence-corrected chi connectivity index (χ2v) is 6.07. The van der Waals surface area contributed by atoms with Crippen molar-refractivity contribution in [3.8, 4) is 28.7 Å². The van der Waals surface area contributed by atoms with Crippen LogP contribution in [0, 0.1) is 0 Å². The van der Waals surface area contributed by atoms with Crippen molar-refractivity contribution in [2.45, 2.75) is 13.0 Å². The molecule has 29 heavy (non-hydrogen) atoms. The first kappa shape index (κ1) is 22.0. The maximum atomic E-state index is 12.1. The van der Waals surface area contributed by atoms with E-state index in [4.69, 9.17) is 23.7 Å². The molecule has 0 heterocycles. The molecule has 0 aliphatic heterocycles. The third kappa shape index (κ3) is 5.84. The van der Waals surface area contributed by atoms with Crippen molar-refractivity contribution in [1.29, 1.82) is 0 Å². The van der Waals surface area contributed by atoms with E-state index in [0.717, 1.165) is 11.1 Å². The minimum atomic E-state index is -0.276. The Labute approximate surface area is 171 Å². The molecule has 2 N–H and O–H groups in total. The quantitative estimate of drug-likeness (QED) is 0.633. The van der Waals surface area contributed by atoms with Crippen LogP contribution in [0.25, 0.3) is 0 Å². The van der Waals surface area contributed by atoms with Crippen LogP contribution in [-0.4, -0.2) is 48.1 Å². The molecule has 0 bridgehead atoms. The molecular weight excluding hydrogens is 376 g/mol. The fourth-order valence-electron chi connectivity index (χ4n) is 2.83. The van der Waals surface area contributed by atoms with E-state index in [1.165, 1.54) is 0 Å². The normalized spacial score (nSPS) is 10.1. The molecule has 8 heteroatoms. The van der Waals surface area contributed by atoms with Gasteiger partial charge in [-0.05, 0) is 30.2 Å². The number of nitrogens with one attached hydrogen (secondary N) is 2. The zero-order valence-electron chi connectivity index (χ0n) is 17.5. The van der Waals surface area contributed by atoms with Crippen LogP contribution in [0.15, 0.2) is 30.3 Å². The second kappa shape index (κ2) is 10.9. The van der Waals surface area contributed by atoms with Crippen LogP contribution in [0.5, 0.6) is 28.7 Å². The molecule has 0 radical (unpaired) electrons. The maximum absolute atomic E-state index is 12.1. The second-order valence-electron chi connectivity index (χ2n) is 6.07. The highest BCUT2D eigenvalue weighted by molar-refractivity contribution is 5.74. The highest BCUT2D eigenvalue weighted by Gasteiger charge is 2.12. The lowest BCUT2D eigenvalue weighted by Crippen LogP contribution is -2.36. The van der Waals surface area contributed by atoms with Crippen molar-refractivity contribution >= 4 is 6.03 Å². The highest BCUT2D eigenvalue weighted by atomic mass is 16.5. The summed E-state index contributed by atoms with van der Waals surface area (Å²) in [5, 5.41) is 5.66. The van der Waals surface area contributed by atoms with Gasteiger partial charge in [-0.1, -0.05) is 6.07 Å². The van der Waals surface area contributed by atoms with E-state index in [-0.39, 0.29) is 12.6 Å². The third-order valence-electron chi connectivity index (χ3n) is 4.37. The number of urea groups is 1. The van der Waals surface area contributed by atoms with Crippen LogP contribution < -0.4 is 34.3 Å². The molecular formula is C21H28N2O6. The first-order valence-electron chi connectivity index (χ1n) is 9.07. The maximum Gasteiger partial charge on any atom is 0.315 e. The Morgan fingerprint density at radius 1 is 0.724 bits per heavy atom. The summed E-state index contributed by atoms with van der Waals surface area (Å²) in [7, 11) is 7.87. The van der Waals surface area contributed by atoms with Crippen LogP contribution in [0.3, 0.4) is 0 Å². The van der Waals surface area contributed by atoms with Crippen LogP contribution >= 0.6 is 0 Å². The topological polar surface area (TPSA) is 87.3 Å². The molecule has 0 aliphatic carbocycles. The lowest BCUT2D eigenvalue weighted by atomic mass is 10.1. The fraction of sp³-hybridized carbons (Fsp3) is 0.381. The van der Waals surface area contributed by atoms with E-state index >= 15 is 0 Å². The number of carbonyl (C=O) groups is 1. The monoisotopic (exact) mass is 404 g/mol. The molecule has 2 amide bonds. The molecule has 0 saturated heterocycles. The SMILES string of the molecule is COc1cc(OC)c(OC)cc1CNC(=O)NCCc1ccc(OC)c(OC)c1. The van der Waals surface area contributed by atoms with Gasteiger partial charge >= 0.3 is 6.03 Å². The molecule has 0 aromatic heterocycles. The molecule has 8 nitrogen and oxygen atoms in total. The molecule has 0 fully saturated rings. The molecule has 0 saturated carbocycles. The average Bonchev–Trinajstić information content (AvgIpc) is 2.76. The van der Waals surface area contributed by atoms with Gasteiger partial charge in [0.15, 0.2) is 23.0 Å². The van der Waals surface area contributed by atoms with Gasteiger partial charge in [0.1, 0.15) is 5.75 Å². The Morgan fingerprint density at radius 3 is 1.93 bits per heavy atom. The van der Waals surface area contributed by atoms with E-state index in [1.807, 2.05) is 18.2 Å². The van der Waals surface area contributed by atoms with Gasteiger partial charge in [0, 0.05) is 24.7 Å². The van der Waals surface area contributed by atoms with Crippen molar-refractivity contribution in [3.05, 3.63) is 41.5 Å². The van der Waals surface area contributed by atoms with E-state index in [0.29, 0.717) is 41.7 Å². The predicted molar refractivity (Wildman–Crippen MR) is 110 cm³/mol. The minimum Gasteiger partial charge on any atom is -0.496 e. The van der Waals surface area contributed by atoms with Crippen LogP contribution in [0.2, 0.25) is 0 Å². The summed E-state index contributed by atoms with van der Waals surface area (Å²) in [4.78, 5) is 12.1.